The van der Waals surface area contributed by atoms with Gasteiger partial charge < -0.3 is 19.7 Å². The number of halogens is 4. The van der Waals surface area contributed by atoms with Gasteiger partial charge in [0.05, 0.1) is 18.8 Å². The molecule has 1 amide bonds. The second-order valence-electron chi connectivity index (χ2n) is 10.4. The van der Waals surface area contributed by atoms with Gasteiger partial charge in [0.25, 0.3) is 0 Å². The first kappa shape index (κ1) is 29.4. The number of nitrogens with zero attached hydrogens (tertiary/aromatic N) is 3. The molecular formula is C30H30F4N4O4. The summed E-state index contributed by atoms with van der Waals surface area (Å²) < 4.78 is 66.2. The van der Waals surface area contributed by atoms with Crippen molar-refractivity contribution in [2.45, 2.75) is 44.7 Å². The molecule has 0 atom stereocenters. The van der Waals surface area contributed by atoms with Gasteiger partial charge in [0, 0.05) is 49.8 Å². The number of Topliss-reactive ketones (excluding diaryl/α,β-unsaturated/α-hetero) is 1. The molecule has 12 heteroatoms. The molecule has 3 aromatic rings. The van der Waals surface area contributed by atoms with Gasteiger partial charge in [-0.25, -0.2) is 14.4 Å². The van der Waals surface area contributed by atoms with Gasteiger partial charge in [-0.05, 0) is 61.6 Å². The number of aryl methyl sites for hydroxylation is 1. The number of nitrogens with one attached hydrogen (secondary N) is 1. The monoisotopic (exact) mass is 586 g/mol. The lowest BCUT2D eigenvalue weighted by Crippen LogP contribution is -2.37. The van der Waals surface area contributed by atoms with E-state index in [-0.39, 0.29) is 54.1 Å². The Balaban J connectivity index is 1.15. The maximum absolute atomic E-state index is 14.8. The maximum atomic E-state index is 14.8. The Morgan fingerprint density at radius 1 is 1.07 bits per heavy atom. The lowest BCUT2D eigenvalue weighted by atomic mass is 10.0. The van der Waals surface area contributed by atoms with Gasteiger partial charge in [-0.2, -0.15) is 13.2 Å². The summed E-state index contributed by atoms with van der Waals surface area (Å²) >= 11 is 0. The predicted octanol–water partition coefficient (Wildman–Crippen LogP) is 5.75. The number of aromatic nitrogens is 2. The van der Waals surface area contributed by atoms with Crippen LogP contribution in [-0.2, 0) is 33.3 Å². The smallest absolute Gasteiger partial charge is 0.416 e. The van der Waals surface area contributed by atoms with Crippen molar-refractivity contribution in [2.24, 2.45) is 5.92 Å². The highest BCUT2D eigenvalue weighted by atomic mass is 19.4. The van der Waals surface area contributed by atoms with E-state index in [0.29, 0.717) is 49.9 Å². The highest BCUT2D eigenvalue weighted by Crippen LogP contribution is 2.33. The molecule has 1 N–H and O–H groups in total. The SMILES string of the molecule is O=C(CCCc1cc(C(F)(F)F)cc(N2CCOCC2)n1)Cc1ccc(Oc2ccnc(NC(=O)C3CC3)c2)c(F)c1. The Bertz CT molecular complexity index is 1440. The van der Waals surface area contributed by atoms with Crippen molar-refractivity contribution in [3.63, 3.8) is 0 Å². The molecule has 1 aliphatic carbocycles. The number of rotatable bonds is 11. The molecule has 2 aliphatic rings. The van der Waals surface area contributed by atoms with E-state index in [9.17, 15) is 27.2 Å². The van der Waals surface area contributed by atoms with Crippen LogP contribution in [0.2, 0.25) is 0 Å². The van der Waals surface area contributed by atoms with E-state index in [4.69, 9.17) is 9.47 Å². The molecule has 5 rings (SSSR count). The van der Waals surface area contributed by atoms with E-state index in [1.54, 1.807) is 11.0 Å². The molecule has 0 bridgehead atoms. The Morgan fingerprint density at radius 3 is 2.57 bits per heavy atom. The number of pyridine rings is 2. The Kier molecular flexibility index (Phi) is 9.00. The van der Waals surface area contributed by atoms with Gasteiger partial charge in [-0.1, -0.05) is 6.07 Å². The van der Waals surface area contributed by atoms with E-state index in [2.05, 4.69) is 15.3 Å². The van der Waals surface area contributed by atoms with Crippen LogP contribution in [0.4, 0.5) is 29.2 Å². The highest BCUT2D eigenvalue weighted by Gasteiger charge is 2.32. The fraction of sp³-hybridized carbons (Fsp3) is 0.400. The Hall–Kier alpha value is -4.06. The minimum Gasteiger partial charge on any atom is -0.454 e. The molecule has 2 fully saturated rings. The Labute approximate surface area is 240 Å². The predicted molar refractivity (Wildman–Crippen MR) is 146 cm³/mol. The third-order valence-corrected chi connectivity index (χ3v) is 6.97. The van der Waals surface area contributed by atoms with Gasteiger partial charge in [-0.3, -0.25) is 9.59 Å². The molecule has 0 unspecified atom stereocenters. The van der Waals surface area contributed by atoms with E-state index >= 15 is 0 Å². The van der Waals surface area contributed by atoms with E-state index in [1.807, 2.05) is 0 Å². The summed E-state index contributed by atoms with van der Waals surface area (Å²) in [6.45, 7) is 1.74. The standard InChI is InChI=1S/C30H30F4N4O4/c31-25-15-19(4-7-26(25)42-24-8-9-35-27(18-24)37-29(40)20-5-6-20)14-23(39)3-1-2-22-16-21(30(32,33)34)17-28(36-22)38-10-12-41-13-11-38/h4,7-9,15-18,20H,1-3,5-6,10-14H2,(H,35,37,40). The van der Waals surface area contributed by atoms with Crippen LogP contribution in [0.25, 0.3) is 0 Å². The number of morpholine rings is 1. The second kappa shape index (κ2) is 12.8. The van der Waals surface area contributed by atoms with E-state index < -0.39 is 17.6 Å². The summed E-state index contributed by atoms with van der Waals surface area (Å²) in [6.07, 6.45) is -0.780. The van der Waals surface area contributed by atoms with Crippen molar-refractivity contribution in [2.75, 3.05) is 36.5 Å². The van der Waals surface area contributed by atoms with Crippen molar-refractivity contribution in [1.29, 1.82) is 0 Å². The molecule has 3 heterocycles. The number of hydrogen-bond donors (Lipinski definition) is 1. The number of carbonyl (C=O) groups is 2. The van der Waals surface area contributed by atoms with Gasteiger partial charge in [0.2, 0.25) is 5.91 Å². The minimum atomic E-state index is -4.51. The average Bonchev–Trinajstić information content (AvgIpc) is 3.81. The first-order valence-electron chi connectivity index (χ1n) is 13.8. The van der Waals surface area contributed by atoms with Gasteiger partial charge in [0.1, 0.15) is 23.2 Å². The van der Waals surface area contributed by atoms with Crippen molar-refractivity contribution < 1.29 is 36.6 Å². The van der Waals surface area contributed by atoms with Crippen molar-refractivity contribution >= 4 is 23.3 Å². The summed E-state index contributed by atoms with van der Waals surface area (Å²) in [4.78, 5) is 34.8. The first-order valence-corrected chi connectivity index (χ1v) is 13.8. The van der Waals surface area contributed by atoms with Gasteiger partial charge >= 0.3 is 6.18 Å². The Morgan fingerprint density at radius 2 is 1.86 bits per heavy atom. The van der Waals surface area contributed by atoms with E-state index in [0.717, 1.165) is 25.0 Å². The van der Waals surface area contributed by atoms with Crippen LogP contribution in [0.3, 0.4) is 0 Å². The van der Waals surface area contributed by atoms with Crippen molar-refractivity contribution in [3.05, 3.63) is 71.3 Å². The molecule has 1 aliphatic heterocycles. The summed E-state index contributed by atoms with van der Waals surface area (Å²) in [6, 6.07) is 9.31. The zero-order valence-corrected chi connectivity index (χ0v) is 22.8. The number of ether oxygens (including phenoxy) is 2. The number of carbonyl (C=O) groups excluding carboxylic acids is 2. The third kappa shape index (κ3) is 8.03. The zero-order chi connectivity index (χ0) is 29.7. The summed E-state index contributed by atoms with van der Waals surface area (Å²) in [5.41, 5.74) is -0.0640. The maximum Gasteiger partial charge on any atom is 0.416 e. The number of hydrogen-bond acceptors (Lipinski definition) is 7. The van der Waals surface area contributed by atoms with E-state index in [1.165, 1.54) is 30.5 Å². The molecule has 42 heavy (non-hydrogen) atoms. The largest absolute Gasteiger partial charge is 0.454 e. The third-order valence-electron chi connectivity index (χ3n) is 6.97. The summed E-state index contributed by atoms with van der Waals surface area (Å²) in [5, 5.41) is 2.71. The van der Waals surface area contributed by atoms with Crippen LogP contribution >= 0.6 is 0 Å². The normalized spacial score (nSPS) is 15.4. The molecule has 1 aromatic carbocycles. The topological polar surface area (TPSA) is 93.7 Å². The number of anilines is 2. The molecule has 1 saturated carbocycles. The highest BCUT2D eigenvalue weighted by molar-refractivity contribution is 5.93. The molecule has 0 radical (unpaired) electrons. The number of amides is 1. The van der Waals surface area contributed by atoms with Crippen molar-refractivity contribution in [1.82, 2.24) is 9.97 Å². The molecule has 222 valence electrons. The van der Waals surface area contributed by atoms with Crippen LogP contribution in [0.1, 0.15) is 42.5 Å². The first-order chi connectivity index (χ1) is 20.1. The molecule has 0 spiro atoms. The van der Waals surface area contributed by atoms with Crippen LogP contribution in [0.5, 0.6) is 11.5 Å². The van der Waals surface area contributed by atoms with Crippen LogP contribution in [-0.4, -0.2) is 48.0 Å². The second-order valence-corrected chi connectivity index (χ2v) is 10.4. The lowest BCUT2D eigenvalue weighted by molar-refractivity contribution is -0.137. The quantitative estimate of drug-likeness (QED) is 0.286. The fourth-order valence-electron chi connectivity index (χ4n) is 4.58. The number of benzene rings is 1. The van der Waals surface area contributed by atoms with Gasteiger partial charge in [-0.15, -0.1) is 0 Å². The number of ketones is 1. The zero-order valence-electron chi connectivity index (χ0n) is 22.8. The number of alkyl halides is 3. The molecule has 1 saturated heterocycles. The summed E-state index contributed by atoms with van der Waals surface area (Å²) in [5.74, 6) is -0.137. The molecule has 8 nitrogen and oxygen atoms in total. The van der Waals surface area contributed by atoms with Crippen LogP contribution < -0.4 is 15.0 Å². The lowest BCUT2D eigenvalue weighted by Gasteiger charge is -2.28. The van der Waals surface area contributed by atoms with Crippen LogP contribution in [0.15, 0.2) is 48.7 Å². The molecule has 2 aromatic heterocycles. The van der Waals surface area contributed by atoms with Crippen molar-refractivity contribution in [3.8, 4) is 11.5 Å². The fourth-order valence-corrected chi connectivity index (χ4v) is 4.58. The minimum absolute atomic E-state index is 0.00883. The van der Waals surface area contributed by atoms with Crippen LogP contribution in [0, 0.1) is 11.7 Å². The van der Waals surface area contributed by atoms with Gasteiger partial charge in [0.15, 0.2) is 11.6 Å². The summed E-state index contributed by atoms with van der Waals surface area (Å²) in [7, 11) is 0. The average molecular weight is 587 g/mol. The molecular weight excluding hydrogens is 556 g/mol.